The van der Waals surface area contributed by atoms with Gasteiger partial charge in [-0.15, -0.1) is 0 Å². The van der Waals surface area contributed by atoms with E-state index in [1.54, 1.807) is 24.4 Å². The lowest BCUT2D eigenvalue weighted by molar-refractivity contribution is -0.158. The van der Waals surface area contributed by atoms with Crippen LogP contribution in [-0.4, -0.2) is 50.4 Å². The number of aromatic nitrogens is 2. The number of rotatable bonds is 4. The van der Waals surface area contributed by atoms with Gasteiger partial charge in [-0.05, 0) is 25.0 Å². The summed E-state index contributed by atoms with van der Waals surface area (Å²) >= 11 is 0. The van der Waals surface area contributed by atoms with Crippen molar-refractivity contribution in [2.75, 3.05) is 13.1 Å². The van der Waals surface area contributed by atoms with E-state index in [0.717, 1.165) is 0 Å². The van der Waals surface area contributed by atoms with Gasteiger partial charge >= 0.3 is 11.8 Å². The van der Waals surface area contributed by atoms with Crippen molar-refractivity contribution in [3.8, 4) is 17.5 Å². The Bertz CT molecular complexity index is 866. The Hall–Kier alpha value is -3.21. The van der Waals surface area contributed by atoms with Crippen LogP contribution in [-0.2, 0) is 16.1 Å². The third-order valence-electron chi connectivity index (χ3n) is 4.59. The highest BCUT2D eigenvalue weighted by molar-refractivity contribution is 6.35. The van der Waals surface area contributed by atoms with E-state index in [4.69, 9.17) is 4.52 Å². The topological polar surface area (TPSA) is 103 Å². The average molecular weight is 337 g/mol. The molecule has 4 rings (SSSR count). The van der Waals surface area contributed by atoms with Crippen molar-refractivity contribution in [3.63, 3.8) is 0 Å². The molecule has 126 valence electrons. The zero-order chi connectivity index (χ0) is 17.4. The molecule has 1 saturated heterocycles. The second kappa shape index (κ2) is 5.70. The summed E-state index contributed by atoms with van der Waals surface area (Å²) in [5.41, 5.74) is 0.439. The van der Waals surface area contributed by atoms with Gasteiger partial charge in [0.1, 0.15) is 16.9 Å². The van der Waals surface area contributed by atoms with Crippen LogP contribution in [0.1, 0.15) is 18.5 Å². The maximum atomic E-state index is 12.4. The van der Waals surface area contributed by atoms with Crippen molar-refractivity contribution in [2.45, 2.75) is 24.9 Å². The first-order valence-corrected chi connectivity index (χ1v) is 8.02. The van der Waals surface area contributed by atoms with Crippen molar-refractivity contribution in [2.24, 2.45) is 0 Å². The molecule has 3 heterocycles. The largest absolute Gasteiger partial charge is 0.354 e. The number of carbonyl (C=O) groups excluding carboxylic acids is 2. The fourth-order valence-corrected chi connectivity index (χ4v) is 3.01. The molecule has 2 amide bonds. The fourth-order valence-electron chi connectivity index (χ4n) is 3.01. The molecular formula is C17H15N5O3. The maximum Gasteiger partial charge on any atom is 0.313 e. The predicted octanol–water partition coefficient (Wildman–Crippen LogP) is 0.964. The van der Waals surface area contributed by atoms with Gasteiger partial charge < -0.3 is 14.3 Å². The van der Waals surface area contributed by atoms with Crippen LogP contribution in [0.25, 0.3) is 11.5 Å². The SMILES string of the molecule is N#CC1(N2CCN(Cc3cc(-c4ccccn4)on3)C(=O)C2=O)CC1. The molecular weight excluding hydrogens is 322 g/mol. The maximum absolute atomic E-state index is 12.4. The zero-order valence-corrected chi connectivity index (χ0v) is 13.4. The monoisotopic (exact) mass is 337 g/mol. The lowest BCUT2D eigenvalue weighted by atomic mass is 10.2. The Morgan fingerprint density at radius 1 is 1.24 bits per heavy atom. The van der Waals surface area contributed by atoms with Crippen LogP contribution in [0.15, 0.2) is 35.0 Å². The van der Waals surface area contributed by atoms with Gasteiger partial charge in [0, 0.05) is 25.4 Å². The molecule has 2 aromatic heterocycles. The van der Waals surface area contributed by atoms with Crippen molar-refractivity contribution >= 4 is 11.8 Å². The van der Waals surface area contributed by atoms with Gasteiger partial charge in [-0.25, -0.2) is 0 Å². The average Bonchev–Trinajstić information content (AvgIpc) is 3.30. The molecule has 8 heteroatoms. The van der Waals surface area contributed by atoms with Gasteiger partial charge in [0.05, 0.1) is 12.6 Å². The quantitative estimate of drug-likeness (QED) is 0.770. The van der Waals surface area contributed by atoms with E-state index in [0.29, 0.717) is 43.1 Å². The Balaban J connectivity index is 1.46. The summed E-state index contributed by atoms with van der Waals surface area (Å²) in [5, 5.41) is 13.2. The first kappa shape index (κ1) is 15.3. The van der Waals surface area contributed by atoms with Crippen LogP contribution in [0.3, 0.4) is 0 Å². The second-order valence-corrected chi connectivity index (χ2v) is 6.22. The van der Waals surface area contributed by atoms with Crippen LogP contribution >= 0.6 is 0 Å². The van der Waals surface area contributed by atoms with E-state index in [-0.39, 0.29) is 6.54 Å². The normalized spacial score (nSPS) is 19.0. The van der Waals surface area contributed by atoms with E-state index >= 15 is 0 Å². The van der Waals surface area contributed by atoms with E-state index in [1.165, 1.54) is 9.80 Å². The van der Waals surface area contributed by atoms with Crippen molar-refractivity contribution in [3.05, 3.63) is 36.2 Å². The van der Waals surface area contributed by atoms with E-state index < -0.39 is 17.4 Å². The number of hydrogen-bond acceptors (Lipinski definition) is 6. The second-order valence-electron chi connectivity index (χ2n) is 6.22. The first-order chi connectivity index (χ1) is 12.1. The number of pyridine rings is 1. The summed E-state index contributed by atoms with van der Waals surface area (Å²) in [5.74, 6) is -0.705. The molecule has 0 radical (unpaired) electrons. The molecule has 25 heavy (non-hydrogen) atoms. The summed E-state index contributed by atoms with van der Waals surface area (Å²) in [6.07, 6.45) is 2.93. The Morgan fingerprint density at radius 3 is 2.76 bits per heavy atom. The summed E-state index contributed by atoms with van der Waals surface area (Å²) in [7, 11) is 0. The number of nitrogens with zero attached hydrogens (tertiary/aromatic N) is 5. The summed E-state index contributed by atoms with van der Waals surface area (Å²) in [4.78, 5) is 31.7. The minimum absolute atomic E-state index is 0.189. The highest BCUT2D eigenvalue weighted by Gasteiger charge is 2.54. The highest BCUT2D eigenvalue weighted by atomic mass is 16.5. The molecule has 0 aromatic carbocycles. The van der Waals surface area contributed by atoms with Gasteiger partial charge in [0.2, 0.25) is 0 Å². The smallest absolute Gasteiger partial charge is 0.313 e. The first-order valence-electron chi connectivity index (χ1n) is 8.02. The van der Waals surface area contributed by atoms with E-state index in [1.807, 2.05) is 6.07 Å². The number of amides is 2. The Kier molecular flexibility index (Phi) is 3.50. The van der Waals surface area contributed by atoms with Crippen LogP contribution in [0.5, 0.6) is 0 Å². The minimum atomic E-state index is -0.765. The molecule has 0 spiro atoms. The predicted molar refractivity (Wildman–Crippen MR) is 84.4 cm³/mol. The summed E-state index contributed by atoms with van der Waals surface area (Å²) in [6.45, 7) is 0.928. The molecule has 1 aliphatic carbocycles. The number of nitriles is 1. The number of piperazine rings is 1. The molecule has 0 N–H and O–H groups in total. The molecule has 0 unspecified atom stereocenters. The zero-order valence-electron chi connectivity index (χ0n) is 13.4. The summed E-state index contributed by atoms with van der Waals surface area (Å²) in [6, 6.07) is 9.32. The van der Waals surface area contributed by atoms with Crippen molar-refractivity contribution < 1.29 is 14.1 Å². The summed E-state index contributed by atoms with van der Waals surface area (Å²) < 4.78 is 5.27. The molecule has 1 saturated carbocycles. The molecule has 2 aliphatic rings. The minimum Gasteiger partial charge on any atom is -0.354 e. The number of carbonyl (C=O) groups is 2. The van der Waals surface area contributed by atoms with Crippen molar-refractivity contribution in [1.82, 2.24) is 19.9 Å². The third-order valence-corrected chi connectivity index (χ3v) is 4.59. The van der Waals surface area contributed by atoms with Gasteiger partial charge in [0.15, 0.2) is 5.76 Å². The molecule has 8 nitrogen and oxygen atoms in total. The van der Waals surface area contributed by atoms with Crippen LogP contribution < -0.4 is 0 Å². The lowest BCUT2D eigenvalue weighted by Crippen LogP contribution is -2.57. The Morgan fingerprint density at radius 2 is 2.08 bits per heavy atom. The molecule has 2 aromatic rings. The standard InChI is InChI=1S/C17H15N5O3/c18-11-17(4-5-17)22-8-7-21(15(23)16(22)24)10-12-9-14(25-20-12)13-3-1-2-6-19-13/h1-3,6,9H,4-5,7-8,10H2. The number of hydrogen-bond donors (Lipinski definition) is 0. The Labute approximate surface area is 143 Å². The third kappa shape index (κ3) is 2.63. The lowest BCUT2D eigenvalue weighted by Gasteiger charge is -2.35. The van der Waals surface area contributed by atoms with Crippen LogP contribution in [0, 0.1) is 11.3 Å². The molecule has 0 atom stereocenters. The molecule has 0 bridgehead atoms. The highest BCUT2D eigenvalue weighted by Crippen LogP contribution is 2.41. The molecule has 2 fully saturated rings. The van der Waals surface area contributed by atoms with Gasteiger partial charge in [-0.2, -0.15) is 5.26 Å². The van der Waals surface area contributed by atoms with Crippen molar-refractivity contribution in [1.29, 1.82) is 5.26 Å². The fraction of sp³-hybridized carbons (Fsp3) is 0.353. The van der Waals surface area contributed by atoms with Crippen LogP contribution in [0.4, 0.5) is 0 Å². The molecule has 1 aliphatic heterocycles. The van der Waals surface area contributed by atoms with E-state index in [2.05, 4.69) is 16.2 Å². The van der Waals surface area contributed by atoms with Gasteiger partial charge in [-0.3, -0.25) is 14.6 Å². The van der Waals surface area contributed by atoms with Gasteiger partial charge in [0.25, 0.3) is 0 Å². The van der Waals surface area contributed by atoms with Gasteiger partial charge in [-0.1, -0.05) is 11.2 Å². The van der Waals surface area contributed by atoms with Crippen LogP contribution in [0.2, 0.25) is 0 Å². The van der Waals surface area contributed by atoms with E-state index in [9.17, 15) is 14.9 Å².